The molecule has 0 unspecified atom stereocenters. The number of benzene rings is 2. The molecule has 0 bridgehead atoms. The van der Waals surface area contributed by atoms with Crippen LogP contribution in [0.25, 0.3) is 11.0 Å². The van der Waals surface area contributed by atoms with Gasteiger partial charge in [0.05, 0.1) is 11.2 Å². The van der Waals surface area contributed by atoms with E-state index in [0.29, 0.717) is 11.1 Å². The number of hydrogen-bond acceptors (Lipinski definition) is 4. The minimum Gasteiger partial charge on any atom is -0.341 e. The van der Waals surface area contributed by atoms with Crippen molar-refractivity contribution in [2.45, 2.75) is 32.9 Å². The standard InChI is InChI=1S/C19H20FN5O2/c1-3-10-25-17-9-8-13(11-16(17)23-24-25)19(27)21-12(2)18(26)22-15-7-5-4-6-14(15)20/h4-9,11-12H,3,10H2,1-2H3,(H,21,27)(H,22,26)/t12-/m0/s1. The molecule has 0 spiro atoms. The summed E-state index contributed by atoms with van der Waals surface area (Å²) < 4.78 is 15.4. The van der Waals surface area contributed by atoms with Gasteiger partial charge < -0.3 is 10.6 Å². The van der Waals surface area contributed by atoms with Gasteiger partial charge in [-0.3, -0.25) is 9.59 Å². The minimum absolute atomic E-state index is 0.0672. The maximum Gasteiger partial charge on any atom is 0.251 e. The molecule has 2 N–H and O–H groups in total. The van der Waals surface area contributed by atoms with Crippen molar-refractivity contribution in [2.75, 3.05) is 5.32 Å². The number of amides is 2. The number of nitrogens with zero attached hydrogens (tertiary/aromatic N) is 3. The minimum atomic E-state index is -0.844. The van der Waals surface area contributed by atoms with Gasteiger partial charge in [-0.15, -0.1) is 5.10 Å². The monoisotopic (exact) mass is 369 g/mol. The number of anilines is 1. The molecule has 0 aliphatic rings. The Hall–Kier alpha value is -3.29. The van der Waals surface area contributed by atoms with Crippen molar-refractivity contribution >= 4 is 28.5 Å². The number of aromatic nitrogens is 3. The van der Waals surface area contributed by atoms with E-state index in [4.69, 9.17) is 0 Å². The third-order valence-electron chi connectivity index (χ3n) is 4.08. The molecule has 0 saturated carbocycles. The fourth-order valence-electron chi connectivity index (χ4n) is 2.64. The number of halogens is 1. The van der Waals surface area contributed by atoms with E-state index in [9.17, 15) is 14.0 Å². The third-order valence-corrected chi connectivity index (χ3v) is 4.08. The van der Waals surface area contributed by atoms with Crippen LogP contribution in [0.4, 0.5) is 10.1 Å². The topological polar surface area (TPSA) is 88.9 Å². The smallest absolute Gasteiger partial charge is 0.251 e. The first-order chi connectivity index (χ1) is 13.0. The normalized spacial score (nSPS) is 12.0. The third kappa shape index (κ3) is 4.11. The van der Waals surface area contributed by atoms with Crippen molar-refractivity contribution in [3.8, 4) is 0 Å². The van der Waals surface area contributed by atoms with E-state index >= 15 is 0 Å². The van der Waals surface area contributed by atoms with Crippen molar-refractivity contribution < 1.29 is 14.0 Å². The second kappa shape index (κ2) is 7.94. The summed E-state index contributed by atoms with van der Waals surface area (Å²) in [7, 11) is 0. The van der Waals surface area contributed by atoms with Gasteiger partial charge in [-0.1, -0.05) is 24.3 Å². The van der Waals surface area contributed by atoms with Crippen LogP contribution in [-0.2, 0) is 11.3 Å². The van der Waals surface area contributed by atoms with Gasteiger partial charge in [-0.25, -0.2) is 9.07 Å². The maximum atomic E-state index is 13.6. The fraction of sp³-hybridized carbons (Fsp3) is 0.263. The van der Waals surface area contributed by atoms with Crippen LogP contribution in [0.15, 0.2) is 42.5 Å². The highest BCUT2D eigenvalue weighted by Crippen LogP contribution is 2.15. The lowest BCUT2D eigenvalue weighted by Crippen LogP contribution is -2.41. The predicted molar refractivity (Wildman–Crippen MR) is 99.8 cm³/mol. The van der Waals surface area contributed by atoms with E-state index in [1.165, 1.54) is 25.1 Å². The summed E-state index contributed by atoms with van der Waals surface area (Å²) in [6.45, 7) is 4.32. The molecule has 1 atom stereocenters. The van der Waals surface area contributed by atoms with E-state index < -0.39 is 23.7 Å². The Kier molecular flexibility index (Phi) is 5.44. The van der Waals surface area contributed by atoms with Crippen molar-refractivity contribution in [3.63, 3.8) is 0 Å². The van der Waals surface area contributed by atoms with Crippen molar-refractivity contribution in [3.05, 3.63) is 53.8 Å². The van der Waals surface area contributed by atoms with Gasteiger partial charge in [-0.2, -0.15) is 0 Å². The molecule has 0 radical (unpaired) electrons. The van der Waals surface area contributed by atoms with E-state index in [-0.39, 0.29) is 5.69 Å². The second-order valence-corrected chi connectivity index (χ2v) is 6.18. The van der Waals surface area contributed by atoms with Crippen molar-refractivity contribution in [2.24, 2.45) is 0 Å². The van der Waals surface area contributed by atoms with Crippen molar-refractivity contribution in [1.82, 2.24) is 20.3 Å². The Balaban J connectivity index is 1.68. The quantitative estimate of drug-likeness (QED) is 0.699. The maximum absolute atomic E-state index is 13.6. The highest BCUT2D eigenvalue weighted by atomic mass is 19.1. The molecule has 8 heteroatoms. The van der Waals surface area contributed by atoms with E-state index in [0.717, 1.165) is 18.5 Å². The predicted octanol–water partition coefficient (Wildman–Crippen LogP) is 2.74. The number of rotatable bonds is 6. The average Bonchev–Trinajstić information content (AvgIpc) is 3.06. The molecular formula is C19H20FN5O2. The molecule has 0 fully saturated rings. The number of aryl methyl sites for hydroxylation is 1. The Labute approximate surface area is 155 Å². The molecule has 3 rings (SSSR count). The first-order valence-corrected chi connectivity index (χ1v) is 8.69. The van der Waals surface area contributed by atoms with Gasteiger partial charge in [0.2, 0.25) is 5.91 Å². The number of carbonyl (C=O) groups excluding carboxylic acids is 2. The number of fused-ring (bicyclic) bond motifs is 1. The van der Waals surface area contributed by atoms with Crippen molar-refractivity contribution in [1.29, 1.82) is 0 Å². The molecule has 27 heavy (non-hydrogen) atoms. The van der Waals surface area contributed by atoms with Gasteiger partial charge in [0.15, 0.2) is 0 Å². The summed E-state index contributed by atoms with van der Waals surface area (Å²) in [5.41, 5.74) is 1.90. The summed E-state index contributed by atoms with van der Waals surface area (Å²) in [6, 6.07) is 10.1. The van der Waals surface area contributed by atoms with Crippen LogP contribution < -0.4 is 10.6 Å². The zero-order valence-electron chi connectivity index (χ0n) is 15.1. The molecule has 0 saturated heterocycles. The molecule has 1 aromatic heterocycles. The summed E-state index contributed by atoms with van der Waals surface area (Å²) in [6.07, 6.45) is 0.926. The van der Waals surface area contributed by atoms with Gasteiger partial charge in [-0.05, 0) is 43.7 Å². The summed E-state index contributed by atoms with van der Waals surface area (Å²) in [4.78, 5) is 24.6. The Bertz CT molecular complexity index is 985. The lowest BCUT2D eigenvalue weighted by Gasteiger charge is -2.14. The van der Waals surface area contributed by atoms with Gasteiger partial charge in [0.1, 0.15) is 17.4 Å². The first kappa shape index (κ1) is 18.5. The number of nitrogens with one attached hydrogen (secondary N) is 2. The van der Waals surface area contributed by atoms with E-state index in [1.54, 1.807) is 28.9 Å². The SMILES string of the molecule is CCCn1nnc2cc(C(=O)N[C@@H](C)C(=O)Nc3ccccc3F)ccc21. The average molecular weight is 369 g/mol. The Morgan fingerprint density at radius 1 is 1.22 bits per heavy atom. The van der Waals surface area contributed by atoms with Crippen LogP contribution in [-0.4, -0.2) is 32.9 Å². The molecule has 0 aliphatic heterocycles. The molecule has 2 amide bonds. The zero-order valence-corrected chi connectivity index (χ0v) is 15.1. The van der Waals surface area contributed by atoms with Crippen LogP contribution in [0, 0.1) is 5.82 Å². The first-order valence-electron chi connectivity index (χ1n) is 8.69. The summed E-state index contributed by atoms with van der Waals surface area (Å²) in [5, 5.41) is 13.2. The highest BCUT2D eigenvalue weighted by Gasteiger charge is 2.18. The van der Waals surface area contributed by atoms with E-state index in [2.05, 4.69) is 20.9 Å². The number of carbonyl (C=O) groups is 2. The summed E-state index contributed by atoms with van der Waals surface area (Å²) in [5.74, 6) is -1.47. The largest absolute Gasteiger partial charge is 0.341 e. The molecular weight excluding hydrogens is 349 g/mol. The van der Waals surface area contributed by atoms with Gasteiger partial charge in [0, 0.05) is 12.1 Å². The number of hydrogen-bond donors (Lipinski definition) is 2. The molecule has 1 heterocycles. The van der Waals surface area contributed by atoms with E-state index in [1.807, 2.05) is 6.92 Å². The molecule has 7 nitrogen and oxygen atoms in total. The van der Waals surface area contributed by atoms with Gasteiger partial charge >= 0.3 is 0 Å². The van der Waals surface area contributed by atoms with Crippen LogP contribution in [0.1, 0.15) is 30.6 Å². The molecule has 0 aliphatic carbocycles. The molecule has 140 valence electrons. The van der Waals surface area contributed by atoms with Crippen LogP contribution in [0.2, 0.25) is 0 Å². The lowest BCUT2D eigenvalue weighted by atomic mass is 10.1. The van der Waals surface area contributed by atoms with Crippen LogP contribution in [0.5, 0.6) is 0 Å². The van der Waals surface area contributed by atoms with Crippen LogP contribution >= 0.6 is 0 Å². The van der Waals surface area contributed by atoms with Crippen LogP contribution in [0.3, 0.4) is 0 Å². The molecule has 3 aromatic rings. The number of para-hydroxylation sites is 1. The van der Waals surface area contributed by atoms with Gasteiger partial charge in [0.25, 0.3) is 5.91 Å². The Morgan fingerprint density at radius 2 is 2.00 bits per heavy atom. The molecule has 2 aromatic carbocycles. The highest BCUT2D eigenvalue weighted by molar-refractivity contribution is 6.02. The fourth-order valence-corrected chi connectivity index (χ4v) is 2.64. The lowest BCUT2D eigenvalue weighted by molar-refractivity contribution is -0.117. The zero-order chi connectivity index (χ0) is 19.4. The summed E-state index contributed by atoms with van der Waals surface area (Å²) >= 11 is 0. The second-order valence-electron chi connectivity index (χ2n) is 6.18. The Morgan fingerprint density at radius 3 is 2.74 bits per heavy atom.